The fourth-order valence-electron chi connectivity index (χ4n) is 2.15. The Hall–Kier alpha value is -0.430. The minimum absolute atomic E-state index is 0.494. The van der Waals surface area contributed by atoms with Gasteiger partial charge in [-0.3, -0.25) is 0 Å². The minimum Gasteiger partial charge on any atom is -0.368 e. The molecule has 0 aromatic carbocycles. The molecule has 1 N–H and O–H groups in total. The normalized spacial score (nSPS) is 23.2. The summed E-state index contributed by atoms with van der Waals surface area (Å²) in [5, 5.41) is 3.22. The van der Waals surface area contributed by atoms with E-state index in [1.54, 1.807) is 0 Å². The first kappa shape index (κ1) is 15.0. The fraction of sp³-hybridized carbons (Fsp3) is 1.00. The maximum absolute atomic E-state index is 12.8. The maximum Gasteiger partial charge on any atom is 0.455 e. The van der Waals surface area contributed by atoms with Crippen molar-refractivity contribution in [2.45, 2.75) is 62.3 Å². The van der Waals surface area contributed by atoms with E-state index in [4.69, 9.17) is 4.74 Å². The predicted molar refractivity (Wildman–Crippen MR) is 59.2 cm³/mol. The molecule has 7 heteroatoms. The molecule has 2 aliphatic rings. The standard InChI is InChI=1S/C12H18F5NO/c13-11(14,12(15,16)17)8-19-10(4-1-5-10)6-7-18-9-2-3-9/h9,18H,1-8H2. The van der Waals surface area contributed by atoms with Crippen LogP contribution < -0.4 is 5.32 Å². The molecule has 0 heterocycles. The topological polar surface area (TPSA) is 21.3 Å². The highest BCUT2D eigenvalue weighted by Gasteiger charge is 2.58. The van der Waals surface area contributed by atoms with Gasteiger partial charge in [0.1, 0.15) is 6.61 Å². The minimum atomic E-state index is -5.54. The molecular formula is C12H18F5NO. The summed E-state index contributed by atoms with van der Waals surface area (Å²) in [6, 6.07) is 0.494. The molecule has 0 aromatic heterocycles. The first-order chi connectivity index (χ1) is 8.74. The highest BCUT2D eigenvalue weighted by molar-refractivity contribution is 4.92. The Morgan fingerprint density at radius 2 is 1.74 bits per heavy atom. The molecule has 0 amide bonds. The lowest BCUT2D eigenvalue weighted by molar-refractivity contribution is -0.309. The number of hydrogen-bond acceptors (Lipinski definition) is 2. The Bertz CT molecular complexity index is 310. The van der Waals surface area contributed by atoms with Crippen LogP contribution in [-0.2, 0) is 4.74 Å². The van der Waals surface area contributed by atoms with Crippen molar-refractivity contribution in [2.24, 2.45) is 0 Å². The third-order valence-corrected chi connectivity index (χ3v) is 3.83. The van der Waals surface area contributed by atoms with Crippen LogP contribution in [0, 0.1) is 0 Å². The third-order valence-electron chi connectivity index (χ3n) is 3.83. The lowest BCUT2D eigenvalue weighted by Gasteiger charge is -2.42. The number of nitrogens with one attached hydrogen (secondary N) is 1. The molecule has 2 rings (SSSR count). The van der Waals surface area contributed by atoms with E-state index in [-0.39, 0.29) is 0 Å². The lowest BCUT2D eigenvalue weighted by atomic mass is 9.77. The molecule has 0 bridgehead atoms. The number of alkyl halides is 5. The SMILES string of the molecule is FC(F)(F)C(F)(F)COC1(CCNC2CC2)CCC1. The predicted octanol–water partition coefficient (Wildman–Crippen LogP) is 3.27. The summed E-state index contributed by atoms with van der Waals surface area (Å²) in [7, 11) is 0. The van der Waals surface area contributed by atoms with Crippen LogP contribution in [0.4, 0.5) is 22.0 Å². The molecule has 2 nitrogen and oxygen atoms in total. The number of rotatable bonds is 7. The molecule has 0 atom stereocenters. The molecule has 0 unspecified atom stereocenters. The van der Waals surface area contributed by atoms with Crippen molar-refractivity contribution in [1.29, 1.82) is 0 Å². The van der Waals surface area contributed by atoms with Crippen LogP contribution in [0.5, 0.6) is 0 Å². The monoisotopic (exact) mass is 287 g/mol. The Morgan fingerprint density at radius 1 is 1.11 bits per heavy atom. The molecule has 2 saturated carbocycles. The van der Waals surface area contributed by atoms with E-state index in [9.17, 15) is 22.0 Å². The number of halogens is 5. The van der Waals surface area contributed by atoms with Crippen molar-refractivity contribution in [3.05, 3.63) is 0 Å². The molecule has 0 radical (unpaired) electrons. The highest BCUT2D eigenvalue weighted by Crippen LogP contribution is 2.42. The van der Waals surface area contributed by atoms with Gasteiger partial charge in [-0.2, -0.15) is 22.0 Å². The van der Waals surface area contributed by atoms with Crippen LogP contribution in [0.1, 0.15) is 38.5 Å². The lowest BCUT2D eigenvalue weighted by Crippen LogP contribution is -2.48. The van der Waals surface area contributed by atoms with E-state index in [1.165, 1.54) is 0 Å². The van der Waals surface area contributed by atoms with Gasteiger partial charge in [-0.25, -0.2) is 0 Å². The summed E-state index contributed by atoms with van der Waals surface area (Å²) in [6.45, 7) is -0.956. The second-order valence-electron chi connectivity index (χ2n) is 5.51. The van der Waals surface area contributed by atoms with Gasteiger partial charge >= 0.3 is 12.1 Å². The van der Waals surface area contributed by atoms with Gasteiger partial charge in [0, 0.05) is 6.04 Å². The molecule has 0 aromatic rings. The summed E-state index contributed by atoms with van der Waals surface area (Å²) in [5.41, 5.74) is -0.781. The molecule has 112 valence electrons. The molecule has 2 fully saturated rings. The Labute approximate surface area is 108 Å². The molecule has 19 heavy (non-hydrogen) atoms. The van der Waals surface area contributed by atoms with Crippen LogP contribution >= 0.6 is 0 Å². The van der Waals surface area contributed by atoms with Crippen LogP contribution in [0.15, 0.2) is 0 Å². The van der Waals surface area contributed by atoms with Crippen molar-refractivity contribution in [2.75, 3.05) is 13.2 Å². The fourth-order valence-corrected chi connectivity index (χ4v) is 2.15. The first-order valence-corrected chi connectivity index (χ1v) is 6.56. The van der Waals surface area contributed by atoms with Crippen molar-refractivity contribution in [3.8, 4) is 0 Å². The van der Waals surface area contributed by atoms with Gasteiger partial charge in [0.25, 0.3) is 0 Å². The Balaban J connectivity index is 1.77. The summed E-state index contributed by atoms with van der Waals surface area (Å²) >= 11 is 0. The molecule has 2 aliphatic carbocycles. The first-order valence-electron chi connectivity index (χ1n) is 6.56. The molecule has 0 saturated heterocycles. The van der Waals surface area contributed by atoms with Crippen molar-refractivity contribution in [1.82, 2.24) is 5.32 Å². The van der Waals surface area contributed by atoms with Gasteiger partial charge in [-0.05, 0) is 45.1 Å². The molecular weight excluding hydrogens is 269 g/mol. The van der Waals surface area contributed by atoms with E-state index >= 15 is 0 Å². The van der Waals surface area contributed by atoms with Gasteiger partial charge in [-0.1, -0.05) is 0 Å². The van der Waals surface area contributed by atoms with Gasteiger partial charge in [-0.15, -0.1) is 0 Å². The van der Waals surface area contributed by atoms with Gasteiger partial charge < -0.3 is 10.1 Å². The second-order valence-corrected chi connectivity index (χ2v) is 5.51. The van der Waals surface area contributed by atoms with E-state index in [2.05, 4.69) is 5.32 Å². The third kappa shape index (κ3) is 3.78. The summed E-state index contributed by atoms with van der Waals surface area (Å²) in [4.78, 5) is 0. The average Bonchev–Trinajstić information content (AvgIpc) is 3.02. The van der Waals surface area contributed by atoms with Crippen LogP contribution in [0.3, 0.4) is 0 Å². The quantitative estimate of drug-likeness (QED) is 0.726. The summed E-state index contributed by atoms with van der Waals surface area (Å²) in [5.74, 6) is -4.76. The largest absolute Gasteiger partial charge is 0.455 e. The van der Waals surface area contributed by atoms with Crippen LogP contribution in [0.25, 0.3) is 0 Å². The van der Waals surface area contributed by atoms with Crippen molar-refractivity contribution in [3.63, 3.8) is 0 Å². The smallest absolute Gasteiger partial charge is 0.368 e. The van der Waals surface area contributed by atoms with Gasteiger partial charge in [0.05, 0.1) is 5.60 Å². The van der Waals surface area contributed by atoms with Crippen molar-refractivity contribution < 1.29 is 26.7 Å². The zero-order valence-electron chi connectivity index (χ0n) is 10.5. The van der Waals surface area contributed by atoms with Crippen LogP contribution in [0.2, 0.25) is 0 Å². The summed E-state index contributed by atoms with van der Waals surface area (Å²) in [6.07, 6.45) is -0.872. The van der Waals surface area contributed by atoms with Gasteiger partial charge in [0.2, 0.25) is 0 Å². The van der Waals surface area contributed by atoms with E-state index in [0.29, 0.717) is 31.8 Å². The Morgan fingerprint density at radius 3 is 2.16 bits per heavy atom. The second kappa shape index (κ2) is 5.16. The molecule has 0 aliphatic heterocycles. The maximum atomic E-state index is 12.8. The van der Waals surface area contributed by atoms with Crippen molar-refractivity contribution >= 4 is 0 Å². The van der Waals surface area contributed by atoms with E-state index < -0.39 is 24.3 Å². The molecule has 0 spiro atoms. The number of ether oxygens (including phenoxy) is 1. The van der Waals surface area contributed by atoms with Gasteiger partial charge in [0.15, 0.2) is 0 Å². The van der Waals surface area contributed by atoms with E-state index in [0.717, 1.165) is 19.3 Å². The van der Waals surface area contributed by atoms with Crippen LogP contribution in [-0.4, -0.2) is 36.9 Å². The average molecular weight is 287 g/mol. The zero-order valence-corrected chi connectivity index (χ0v) is 10.5. The zero-order chi connectivity index (χ0) is 14.1. The summed E-state index contributed by atoms with van der Waals surface area (Å²) < 4.78 is 66.7. The highest BCUT2D eigenvalue weighted by atomic mass is 19.4. The Kier molecular flexibility index (Phi) is 4.07. The number of hydrogen-bond donors (Lipinski definition) is 1. The van der Waals surface area contributed by atoms with E-state index in [1.807, 2.05) is 0 Å².